The number of hydrogen-bond donors (Lipinski definition) is 3. The molecule has 3 N–H and O–H groups in total. The number of nitrogens with zero attached hydrogens (tertiary/aromatic N) is 1. The smallest absolute Gasteiger partial charge is 0.384 e. The van der Waals surface area contributed by atoms with Gasteiger partial charge in [-0.25, -0.2) is 4.57 Å². The second-order valence-electron chi connectivity index (χ2n) is 11.8. The highest BCUT2D eigenvalue weighted by atomic mass is 31.2. The van der Waals surface area contributed by atoms with Crippen LogP contribution in [0, 0.1) is 5.92 Å². The molecule has 218 valence electrons. The SMILES string of the molecule is CCCCCCCCCCC(CCCCCCCC)C[N+](C)(C)CC(O)C(CCCC)OP(=O)(O)O. The van der Waals surface area contributed by atoms with Crippen LogP contribution in [0.25, 0.3) is 0 Å². The van der Waals surface area contributed by atoms with Crippen LogP contribution in [-0.2, 0) is 9.09 Å². The first-order valence-corrected chi connectivity index (χ1v) is 16.8. The highest BCUT2D eigenvalue weighted by molar-refractivity contribution is 7.46. The zero-order chi connectivity index (χ0) is 27.3. The summed E-state index contributed by atoms with van der Waals surface area (Å²) in [4.78, 5) is 18.7. The van der Waals surface area contributed by atoms with Crippen molar-refractivity contribution in [2.75, 3.05) is 27.2 Å². The van der Waals surface area contributed by atoms with E-state index >= 15 is 0 Å². The number of rotatable bonds is 26. The molecule has 0 heterocycles. The quantitative estimate of drug-likeness (QED) is 0.0592. The van der Waals surface area contributed by atoms with Gasteiger partial charge in [-0.1, -0.05) is 124 Å². The van der Waals surface area contributed by atoms with E-state index < -0.39 is 20.0 Å². The van der Waals surface area contributed by atoms with Gasteiger partial charge in [-0.15, -0.1) is 0 Å². The summed E-state index contributed by atoms with van der Waals surface area (Å²) in [6.45, 7) is 7.97. The molecule has 6 nitrogen and oxygen atoms in total. The molecule has 36 heavy (non-hydrogen) atoms. The standard InChI is InChI=1S/C29H62NO5P/c1-6-9-12-14-16-17-19-21-23-27(22-20-18-15-13-10-7-2)25-30(4,5)26-28(31)29(24-11-8-3)35-36(32,33)34/h27-29,31H,6-26H2,1-5H3,(H-,32,33,34)/p+1. The molecule has 0 bridgehead atoms. The molecule has 0 saturated heterocycles. The topological polar surface area (TPSA) is 87.0 Å². The normalized spacial score (nSPS) is 15.2. The van der Waals surface area contributed by atoms with Crippen molar-refractivity contribution in [3.8, 4) is 0 Å². The zero-order valence-corrected chi connectivity index (χ0v) is 25.5. The summed E-state index contributed by atoms with van der Waals surface area (Å²) in [6, 6.07) is 0. The molecule has 0 aliphatic heterocycles. The summed E-state index contributed by atoms with van der Waals surface area (Å²) >= 11 is 0. The maximum absolute atomic E-state index is 11.5. The monoisotopic (exact) mass is 536 g/mol. The average Bonchev–Trinajstić information content (AvgIpc) is 2.79. The van der Waals surface area contributed by atoms with E-state index in [0.717, 1.165) is 19.4 Å². The number of phosphoric ester groups is 1. The van der Waals surface area contributed by atoms with Crippen molar-refractivity contribution < 1.29 is 28.5 Å². The molecule has 0 saturated carbocycles. The Morgan fingerprint density at radius 2 is 1.06 bits per heavy atom. The molecular weight excluding hydrogens is 473 g/mol. The molecule has 0 aromatic carbocycles. The predicted octanol–water partition coefficient (Wildman–Crippen LogP) is 7.99. The Labute approximate surface area is 224 Å². The Morgan fingerprint density at radius 1 is 0.639 bits per heavy atom. The number of likely N-dealkylation sites (N-methyl/N-ethyl adjacent to an activating group) is 1. The van der Waals surface area contributed by atoms with Crippen LogP contribution in [0.2, 0.25) is 0 Å². The fraction of sp³-hybridized carbons (Fsp3) is 1.00. The molecule has 0 aromatic rings. The van der Waals surface area contributed by atoms with Gasteiger partial charge in [0.05, 0.1) is 20.6 Å². The van der Waals surface area contributed by atoms with Crippen LogP contribution in [0.3, 0.4) is 0 Å². The van der Waals surface area contributed by atoms with Crippen LogP contribution in [0.5, 0.6) is 0 Å². The van der Waals surface area contributed by atoms with Crippen molar-refractivity contribution in [2.24, 2.45) is 5.92 Å². The largest absolute Gasteiger partial charge is 0.469 e. The van der Waals surface area contributed by atoms with Crippen LogP contribution < -0.4 is 0 Å². The lowest BCUT2D eigenvalue weighted by molar-refractivity contribution is -0.897. The lowest BCUT2D eigenvalue weighted by atomic mass is 9.92. The molecule has 0 aliphatic carbocycles. The van der Waals surface area contributed by atoms with Gasteiger partial charge in [0.2, 0.25) is 0 Å². The van der Waals surface area contributed by atoms with Gasteiger partial charge in [0.25, 0.3) is 0 Å². The van der Waals surface area contributed by atoms with Crippen LogP contribution >= 0.6 is 7.82 Å². The first-order chi connectivity index (χ1) is 17.0. The van der Waals surface area contributed by atoms with Gasteiger partial charge >= 0.3 is 7.82 Å². The Kier molecular flexibility index (Phi) is 21.9. The Morgan fingerprint density at radius 3 is 1.47 bits per heavy atom. The van der Waals surface area contributed by atoms with Crippen LogP contribution in [0.4, 0.5) is 0 Å². The molecule has 0 spiro atoms. The van der Waals surface area contributed by atoms with E-state index in [4.69, 9.17) is 4.52 Å². The third-order valence-corrected chi connectivity index (χ3v) is 7.96. The van der Waals surface area contributed by atoms with Gasteiger partial charge in [0.1, 0.15) is 18.8 Å². The number of hydrogen-bond acceptors (Lipinski definition) is 3. The molecule has 3 atom stereocenters. The number of phosphoric acid groups is 1. The number of quaternary nitrogens is 1. The molecule has 0 aromatic heterocycles. The first kappa shape index (κ1) is 36.0. The highest BCUT2D eigenvalue weighted by Gasteiger charge is 2.33. The summed E-state index contributed by atoms with van der Waals surface area (Å²) < 4.78 is 17.1. The van der Waals surface area contributed by atoms with E-state index in [0.29, 0.717) is 23.4 Å². The van der Waals surface area contributed by atoms with Crippen molar-refractivity contribution in [3.05, 3.63) is 0 Å². The number of aliphatic hydroxyl groups excluding tert-OH is 1. The predicted molar refractivity (Wildman–Crippen MR) is 153 cm³/mol. The van der Waals surface area contributed by atoms with Crippen molar-refractivity contribution in [1.29, 1.82) is 0 Å². The Hall–Kier alpha value is 0.0300. The lowest BCUT2D eigenvalue weighted by Gasteiger charge is -2.37. The van der Waals surface area contributed by atoms with Crippen LogP contribution in [0.1, 0.15) is 143 Å². The molecule has 0 rings (SSSR count). The molecule has 0 fully saturated rings. The van der Waals surface area contributed by atoms with Gasteiger partial charge in [-0.2, -0.15) is 0 Å². The molecule has 3 unspecified atom stereocenters. The fourth-order valence-corrected chi connectivity index (χ4v) is 6.00. The molecular formula is C29H63NO5P+. The number of aliphatic hydroxyl groups is 1. The van der Waals surface area contributed by atoms with Gasteiger partial charge in [-0.3, -0.25) is 4.52 Å². The first-order valence-electron chi connectivity index (χ1n) is 15.3. The van der Waals surface area contributed by atoms with Crippen LogP contribution in [-0.4, -0.2) is 58.8 Å². The second-order valence-corrected chi connectivity index (χ2v) is 13.0. The Balaban J connectivity index is 4.83. The Bertz CT molecular complexity index is 540. The minimum absolute atomic E-state index is 0.443. The third kappa shape index (κ3) is 22.1. The minimum atomic E-state index is -4.63. The van der Waals surface area contributed by atoms with E-state index in [1.54, 1.807) is 0 Å². The van der Waals surface area contributed by atoms with E-state index in [2.05, 4.69) is 27.9 Å². The van der Waals surface area contributed by atoms with Gasteiger partial charge in [0, 0.05) is 5.92 Å². The molecule has 0 amide bonds. The summed E-state index contributed by atoms with van der Waals surface area (Å²) in [5.41, 5.74) is 0. The van der Waals surface area contributed by atoms with Crippen LogP contribution in [0.15, 0.2) is 0 Å². The fourth-order valence-electron chi connectivity index (χ4n) is 5.40. The lowest BCUT2D eigenvalue weighted by Crippen LogP contribution is -2.51. The maximum atomic E-state index is 11.5. The minimum Gasteiger partial charge on any atom is -0.384 e. The summed E-state index contributed by atoms with van der Waals surface area (Å²) in [5, 5.41) is 10.9. The van der Waals surface area contributed by atoms with Gasteiger partial charge < -0.3 is 19.4 Å². The van der Waals surface area contributed by atoms with Crippen molar-refractivity contribution >= 4 is 7.82 Å². The second kappa shape index (κ2) is 21.9. The van der Waals surface area contributed by atoms with E-state index in [1.165, 1.54) is 103 Å². The highest BCUT2D eigenvalue weighted by Crippen LogP contribution is 2.39. The van der Waals surface area contributed by atoms with Crippen molar-refractivity contribution in [3.63, 3.8) is 0 Å². The zero-order valence-electron chi connectivity index (χ0n) is 24.6. The molecule has 0 radical (unpaired) electrons. The van der Waals surface area contributed by atoms with Crippen molar-refractivity contribution in [2.45, 2.75) is 155 Å². The average molecular weight is 537 g/mol. The number of unbranched alkanes of at least 4 members (excludes halogenated alkanes) is 13. The van der Waals surface area contributed by atoms with Gasteiger partial charge in [-0.05, 0) is 19.3 Å². The molecule has 0 aliphatic rings. The van der Waals surface area contributed by atoms with E-state index in [-0.39, 0.29) is 0 Å². The third-order valence-electron chi connectivity index (χ3n) is 7.41. The summed E-state index contributed by atoms with van der Waals surface area (Å²) in [5.74, 6) is 0.621. The van der Waals surface area contributed by atoms with Gasteiger partial charge in [0.15, 0.2) is 0 Å². The van der Waals surface area contributed by atoms with E-state index in [1.807, 2.05) is 6.92 Å². The van der Waals surface area contributed by atoms with Crippen molar-refractivity contribution in [1.82, 2.24) is 0 Å². The summed E-state index contributed by atoms with van der Waals surface area (Å²) in [6.07, 6.45) is 21.4. The molecule has 7 heteroatoms. The summed E-state index contributed by atoms with van der Waals surface area (Å²) in [7, 11) is -0.357. The maximum Gasteiger partial charge on any atom is 0.469 e. The van der Waals surface area contributed by atoms with E-state index in [9.17, 15) is 19.5 Å².